The van der Waals surface area contributed by atoms with Crippen molar-refractivity contribution in [2.45, 2.75) is 43.5 Å². The Morgan fingerprint density at radius 2 is 1.64 bits per heavy atom. The van der Waals surface area contributed by atoms with E-state index in [2.05, 4.69) is 10.0 Å². The molecule has 8 nitrogen and oxygen atoms in total. The standard InChI is InChI=1S/C27H31N3O5S/c1-3-8-26(31)30-17-15-19(16-18-30)29-36(33,34)25-14-13-23(20-9-4-5-10-21(20)25)28-27(32)22-11-6-7-12-24(22)35-2/h4-7,9-14,19,29H,3,8,15-18H2,1-2H3,(H,28,32). The number of benzene rings is 3. The molecule has 4 rings (SSSR count). The van der Waals surface area contributed by atoms with E-state index in [-0.39, 0.29) is 22.8 Å². The van der Waals surface area contributed by atoms with Crippen LogP contribution in [0.5, 0.6) is 5.75 Å². The third kappa shape index (κ3) is 5.52. The highest BCUT2D eigenvalue weighted by molar-refractivity contribution is 7.89. The Kier molecular flexibility index (Phi) is 7.91. The largest absolute Gasteiger partial charge is 0.496 e. The van der Waals surface area contributed by atoms with E-state index in [1.807, 2.05) is 11.8 Å². The number of methoxy groups -OCH3 is 1. The fourth-order valence-electron chi connectivity index (χ4n) is 4.54. The number of sulfonamides is 1. The summed E-state index contributed by atoms with van der Waals surface area (Å²) in [5.41, 5.74) is 0.884. The molecule has 3 aromatic rings. The second-order valence-corrected chi connectivity index (χ2v) is 10.5. The fraction of sp³-hybridized carbons (Fsp3) is 0.333. The Morgan fingerprint density at radius 3 is 2.33 bits per heavy atom. The summed E-state index contributed by atoms with van der Waals surface area (Å²) < 4.78 is 34.9. The van der Waals surface area contributed by atoms with Crippen LogP contribution < -0.4 is 14.8 Å². The summed E-state index contributed by atoms with van der Waals surface area (Å²) in [7, 11) is -2.33. The van der Waals surface area contributed by atoms with Gasteiger partial charge < -0.3 is 15.0 Å². The van der Waals surface area contributed by atoms with Gasteiger partial charge in [-0.1, -0.05) is 43.3 Å². The molecular formula is C27H31N3O5S. The predicted octanol–water partition coefficient (Wildman–Crippen LogP) is 4.17. The van der Waals surface area contributed by atoms with Gasteiger partial charge in [0.25, 0.3) is 5.91 Å². The fourth-order valence-corrected chi connectivity index (χ4v) is 6.05. The molecule has 0 spiro atoms. The van der Waals surface area contributed by atoms with E-state index in [4.69, 9.17) is 4.74 Å². The summed E-state index contributed by atoms with van der Waals surface area (Å²) in [6.07, 6.45) is 2.45. The smallest absolute Gasteiger partial charge is 0.259 e. The van der Waals surface area contributed by atoms with Crippen molar-refractivity contribution in [1.29, 1.82) is 0 Å². The molecule has 0 aliphatic carbocycles. The molecule has 3 aromatic carbocycles. The van der Waals surface area contributed by atoms with Crippen molar-refractivity contribution >= 4 is 38.3 Å². The van der Waals surface area contributed by atoms with Crippen LogP contribution in [0.15, 0.2) is 65.6 Å². The van der Waals surface area contributed by atoms with Crippen LogP contribution in [-0.4, -0.2) is 51.4 Å². The van der Waals surface area contributed by atoms with Crippen LogP contribution in [0.25, 0.3) is 10.8 Å². The zero-order valence-corrected chi connectivity index (χ0v) is 21.3. The number of nitrogens with one attached hydrogen (secondary N) is 2. The number of fused-ring (bicyclic) bond motifs is 1. The van der Waals surface area contributed by atoms with Gasteiger partial charge in [0.05, 0.1) is 17.6 Å². The Morgan fingerprint density at radius 1 is 0.972 bits per heavy atom. The number of amides is 2. The quantitative estimate of drug-likeness (QED) is 0.474. The number of hydrogen-bond donors (Lipinski definition) is 2. The Bertz CT molecular complexity index is 1360. The number of hydrogen-bond acceptors (Lipinski definition) is 5. The molecule has 1 heterocycles. The first-order chi connectivity index (χ1) is 17.3. The average Bonchev–Trinajstić information content (AvgIpc) is 2.89. The number of likely N-dealkylation sites (tertiary alicyclic amines) is 1. The lowest BCUT2D eigenvalue weighted by molar-refractivity contribution is -0.132. The molecule has 36 heavy (non-hydrogen) atoms. The Labute approximate surface area is 211 Å². The molecule has 9 heteroatoms. The van der Waals surface area contributed by atoms with E-state index < -0.39 is 10.0 Å². The lowest BCUT2D eigenvalue weighted by Crippen LogP contribution is -2.46. The highest BCUT2D eigenvalue weighted by atomic mass is 32.2. The number of rotatable bonds is 8. The Balaban J connectivity index is 1.55. The zero-order chi connectivity index (χ0) is 25.7. The van der Waals surface area contributed by atoms with Gasteiger partial charge in [-0.2, -0.15) is 0 Å². The molecule has 0 aromatic heterocycles. The van der Waals surface area contributed by atoms with E-state index in [9.17, 15) is 18.0 Å². The molecule has 0 bridgehead atoms. The summed E-state index contributed by atoms with van der Waals surface area (Å²) in [4.78, 5) is 27.1. The number of nitrogens with zero attached hydrogens (tertiary/aromatic N) is 1. The minimum absolute atomic E-state index is 0.121. The Hall–Kier alpha value is -3.43. The third-order valence-electron chi connectivity index (χ3n) is 6.41. The molecule has 2 amide bonds. The number of anilines is 1. The maximum atomic E-state index is 13.4. The molecule has 1 saturated heterocycles. The summed E-state index contributed by atoms with van der Waals surface area (Å²) in [5.74, 6) is 0.219. The van der Waals surface area contributed by atoms with Crippen molar-refractivity contribution in [3.63, 3.8) is 0 Å². The van der Waals surface area contributed by atoms with Gasteiger partial charge in [0.2, 0.25) is 15.9 Å². The molecule has 1 fully saturated rings. The molecule has 1 aliphatic rings. The predicted molar refractivity (Wildman–Crippen MR) is 140 cm³/mol. The van der Waals surface area contributed by atoms with Gasteiger partial charge in [-0.05, 0) is 43.5 Å². The number of carbonyl (C=O) groups is 2. The van der Waals surface area contributed by atoms with Crippen molar-refractivity contribution in [2.24, 2.45) is 0 Å². The second-order valence-electron chi connectivity index (χ2n) is 8.84. The molecule has 2 N–H and O–H groups in total. The molecule has 0 radical (unpaired) electrons. The van der Waals surface area contributed by atoms with Gasteiger partial charge >= 0.3 is 0 Å². The average molecular weight is 510 g/mol. The monoisotopic (exact) mass is 509 g/mol. The lowest BCUT2D eigenvalue weighted by Gasteiger charge is -2.32. The first kappa shape index (κ1) is 25.7. The SMILES string of the molecule is CCCC(=O)N1CCC(NS(=O)(=O)c2ccc(NC(=O)c3ccccc3OC)c3ccccc23)CC1. The lowest BCUT2D eigenvalue weighted by atomic mass is 10.1. The summed E-state index contributed by atoms with van der Waals surface area (Å²) >= 11 is 0. The van der Waals surface area contributed by atoms with Gasteiger partial charge in [0, 0.05) is 42.0 Å². The summed E-state index contributed by atoms with van der Waals surface area (Å²) in [5, 5.41) is 4.02. The number of carbonyl (C=O) groups excluding carboxylic acids is 2. The highest BCUT2D eigenvalue weighted by Gasteiger charge is 2.27. The molecule has 1 aliphatic heterocycles. The van der Waals surface area contributed by atoms with Gasteiger partial charge in [-0.3, -0.25) is 9.59 Å². The van der Waals surface area contributed by atoms with E-state index in [1.165, 1.54) is 13.2 Å². The maximum Gasteiger partial charge on any atom is 0.259 e. The van der Waals surface area contributed by atoms with Crippen molar-refractivity contribution in [1.82, 2.24) is 9.62 Å². The van der Waals surface area contributed by atoms with Gasteiger partial charge in [-0.25, -0.2) is 13.1 Å². The van der Waals surface area contributed by atoms with Crippen molar-refractivity contribution in [3.05, 3.63) is 66.2 Å². The molecule has 0 unspecified atom stereocenters. The molecule has 0 saturated carbocycles. The number of piperidine rings is 1. The van der Waals surface area contributed by atoms with Crippen LogP contribution in [0.4, 0.5) is 5.69 Å². The van der Waals surface area contributed by atoms with Gasteiger partial charge in [-0.15, -0.1) is 0 Å². The summed E-state index contributed by atoms with van der Waals surface area (Å²) in [6.45, 7) is 3.06. The highest BCUT2D eigenvalue weighted by Crippen LogP contribution is 2.31. The maximum absolute atomic E-state index is 13.4. The van der Waals surface area contributed by atoms with Crippen molar-refractivity contribution in [3.8, 4) is 5.75 Å². The topological polar surface area (TPSA) is 105 Å². The minimum atomic E-state index is -3.83. The summed E-state index contributed by atoms with van der Waals surface area (Å²) in [6, 6.07) is 16.9. The number of para-hydroxylation sites is 1. The first-order valence-electron chi connectivity index (χ1n) is 12.1. The van der Waals surface area contributed by atoms with Gasteiger partial charge in [0.15, 0.2) is 0 Å². The second kappa shape index (κ2) is 11.1. The molecular weight excluding hydrogens is 478 g/mol. The first-order valence-corrected chi connectivity index (χ1v) is 13.6. The van der Waals surface area contributed by atoms with Crippen LogP contribution in [0.1, 0.15) is 43.0 Å². The number of ether oxygens (including phenoxy) is 1. The van der Waals surface area contributed by atoms with Crippen LogP contribution >= 0.6 is 0 Å². The van der Waals surface area contributed by atoms with E-state index >= 15 is 0 Å². The zero-order valence-electron chi connectivity index (χ0n) is 20.5. The van der Waals surface area contributed by atoms with Crippen molar-refractivity contribution in [2.75, 3.05) is 25.5 Å². The van der Waals surface area contributed by atoms with Gasteiger partial charge in [0.1, 0.15) is 5.75 Å². The van der Waals surface area contributed by atoms with E-state index in [0.717, 1.165) is 6.42 Å². The third-order valence-corrected chi connectivity index (χ3v) is 7.99. The van der Waals surface area contributed by atoms with Crippen LogP contribution in [-0.2, 0) is 14.8 Å². The minimum Gasteiger partial charge on any atom is -0.496 e. The molecule has 190 valence electrons. The van der Waals surface area contributed by atoms with Crippen LogP contribution in [0.2, 0.25) is 0 Å². The van der Waals surface area contributed by atoms with Crippen LogP contribution in [0.3, 0.4) is 0 Å². The van der Waals surface area contributed by atoms with Crippen LogP contribution in [0, 0.1) is 0 Å². The van der Waals surface area contributed by atoms with E-state index in [1.54, 1.807) is 54.6 Å². The van der Waals surface area contributed by atoms with Crippen molar-refractivity contribution < 1.29 is 22.7 Å². The normalized spacial score (nSPS) is 14.6. The van der Waals surface area contributed by atoms with E-state index in [0.29, 0.717) is 60.1 Å². The molecule has 0 atom stereocenters.